The summed E-state index contributed by atoms with van der Waals surface area (Å²) < 4.78 is 1.41. The number of aryl methyl sites for hydroxylation is 1. The van der Waals surface area contributed by atoms with Crippen molar-refractivity contribution in [2.24, 2.45) is 5.92 Å². The summed E-state index contributed by atoms with van der Waals surface area (Å²) in [6.07, 6.45) is 1.62. The largest absolute Gasteiger partial charge is 0.378 e. The Kier molecular flexibility index (Phi) is 5.02. The minimum absolute atomic E-state index is 0.194. The molecule has 0 amide bonds. The molecule has 1 aromatic heterocycles. The van der Waals surface area contributed by atoms with Gasteiger partial charge >= 0.3 is 0 Å². The first-order chi connectivity index (χ1) is 9.99. The summed E-state index contributed by atoms with van der Waals surface area (Å²) in [5.74, 6) is 0.344. The molecule has 0 saturated carbocycles. The molecule has 0 unspecified atom stereocenters. The summed E-state index contributed by atoms with van der Waals surface area (Å²) in [5.41, 5.74) is 2.69. The average molecular weight is 306 g/mol. The maximum atomic E-state index is 12.1. The molecule has 2 aromatic rings. The molecule has 0 radical (unpaired) electrons. The van der Waals surface area contributed by atoms with Crippen LogP contribution in [0.1, 0.15) is 25.0 Å². The fraction of sp³-hybridized carbons (Fsp3) is 0.375. The van der Waals surface area contributed by atoms with E-state index in [0.29, 0.717) is 24.7 Å². The second-order valence-corrected chi connectivity index (χ2v) is 5.91. The molecule has 112 valence electrons. The molecule has 0 spiro atoms. The molecular weight excluding hydrogens is 286 g/mol. The van der Waals surface area contributed by atoms with Crippen LogP contribution in [0.4, 0.5) is 5.69 Å². The number of benzene rings is 1. The Hall–Kier alpha value is -1.81. The topological polar surface area (TPSA) is 46.9 Å². The van der Waals surface area contributed by atoms with Gasteiger partial charge in [-0.3, -0.25) is 4.79 Å². The van der Waals surface area contributed by atoms with E-state index >= 15 is 0 Å². The van der Waals surface area contributed by atoms with Crippen LogP contribution in [0.2, 0.25) is 5.02 Å². The molecule has 0 aliphatic heterocycles. The van der Waals surface area contributed by atoms with Gasteiger partial charge in [0.15, 0.2) is 0 Å². The van der Waals surface area contributed by atoms with Crippen molar-refractivity contribution in [3.63, 3.8) is 0 Å². The summed E-state index contributed by atoms with van der Waals surface area (Å²) in [5, 5.41) is 7.55. The zero-order valence-electron chi connectivity index (χ0n) is 12.6. The lowest BCUT2D eigenvalue weighted by Crippen LogP contribution is -2.26. The quantitative estimate of drug-likeness (QED) is 0.920. The highest BCUT2D eigenvalue weighted by Crippen LogP contribution is 2.17. The molecular formula is C16H20ClN3O. The van der Waals surface area contributed by atoms with Gasteiger partial charge in [0.25, 0.3) is 5.56 Å². The summed E-state index contributed by atoms with van der Waals surface area (Å²) in [6.45, 7) is 7.30. The van der Waals surface area contributed by atoms with Crippen LogP contribution < -0.4 is 10.9 Å². The van der Waals surface area contributed by atoms with Gasteiger partial charge in [0.05, 0.1) is 11.9 Å². The first kappa shape index (κ1) is 15.6. The molecule has 0 saturated heterocycles. The van der Waals surface area contributed by atoms with Gasteiger partial charge in [0, 0.05) is 13.1 Å². The van der Waals surface area contributed by atoms with Crippen LogP contribution in [0, 0.1) is 12.8 Å². The molecule has 1 heterocycles. The van der Waals surface area contributed by atoms with Gasteiger partial charge in [0.2, 0.25) is 0 Å². The molecule has 0 bridgehead atoms. The van der Waals surface area contributed by atoms with Gasteiger partial charge in [-0.2, -0.15) is 5.10 Å². The summed E-state index contributed by atoms with van der Waals surface area (Å²) in [4.78, 5) is 12.1. The summed E-state index contributed by atoms with van der Waals surface area (Å²) in [6, 6.07) is 8.09. The van der Waals surface area contributed by atoms with Gasteiger partial charge in [-0.15, -0.1) is 0 Å². The van der Waals surface area contributed by atoms with Crippen molar-refractivity contribution < 1.29 is 0 Å². The molecule has 21 heavy (non-hydrogen) atoms. The first-order valence-corrected chi connectivity index (χ1v) is 7.41. The third kappa shape index (κ3) is 3.85. The van der Waals surface area contributed by atoms with Gasteiger partial charge in [-0.1, -0.05) is 49.7 Å². The van der Waals surface area contributed by atoms with Crippen molar-refractivity contribution in [3.8, 4) is 0 Å². The Labute approximate surface area is 129 Å². The summed E-state index contributed by atoms with van der Waals surface area (Å²) in [7, 11) is 0. The zero-order chi connectivity index (χ0) is 15.4. The Morgan fingerprint density at radius 2 is 2.05 bits per heavy atom. The number of nitrogens with zero attached hydrogens (tertiary/aromatic N) is 2. The van der Waals surface area contributed by atoms with Crippen molar-refractivity contribution >= 4 is 17.3 Å². The number of nitrogens with one attached hydrogen (secondary N) is 1. The molecule has 0 atom stereocenters. The van der Waals surface area contributed by atoms with Crippen molar-refractivity contribution in [2.45, 2.75) is 33.9 Å². The van der Waals surface area contributed by atoms with Crippen LogP contribution >= 0.6 is 11.6 Å². The van der Waals surface area contributed by atoms with Crippen LogP contribution in [0.15, 0.2) is 35.3 Å². The number of aromatic nitrogens is 2. The van der Waals surface area contributed by atoms with E-state index in [2.05, 4.69) is 23.4 Å². The molecule has 0 aliphatic carbocycles. The standard InChI is InChI=1S/C16H20ClN3O/c1-11(2)10-20-16(21)15(17)14(9-19-20)18-8-13-7-5-4-6-12(13)3/h4-7,9,11,18H,8,10H2,1-3H3. The van der Waals surface area contributed by atoms with Crippen LogP contribution in [0.25, 0.3) is 0 Å². The number of rotatable bonds is 5. The SMILES string of the molecule is Cc1ccccc1CNc1cnn(CC(C)C)c(=O)c1Cl. The zero-order valence-corrected chi connectivity index (χ0v) is 13.3. The lowest BCUT2D eigenvalue weighted by molar-refractivity contribution is 0.464. The highest BCUT2D eigenvalue weighted by atomic mass is 35.5. The Balaban J connectivity index is 2.17. The Bertz CT molecular complexity index is 679. The van der Waals surface area contributed by atoms with Crippen LogP contribution in [0.5, 0.6) is 0 Å². The van der Waals surface area contributed by atoms with Crippen LogP contribution in [-0.2, 0) is 13.1 Å². The minimum atomic E-state index is -0.250. The molecule has 0 aliphatic rings. The van der Waals surface area contributed by atoms with Crippen LogP contribution in [-0.4, -0.2) is 9.78 Å². The van der Waals surface area contributed by atoms with E-state index in [9.17, 15) is 4.79 Å². The molecule has 1 N–H and O–H groups in total. The molecule has 5 heteroatoms. The third-order valence-corrected chi connectivity index (χ3v) is 3.62. The summed E-state index contributed by atoms with van der Waals surface area (Å²) >= 11 is 6.15. The predicted octanol–water partition coefficient (Wildman–Crippen LogP) is 3.47. The van der Waals surface area contributed by atoms with Crippen molar-refractivity contribution in [1.82, 2.24) is 9.78 Å². The third-order valence-electron chi connectivity index (χ3n) is 3.25. The number of hydrogen-bond acceptors (Lipinski definition) is 3. The fourth-order valence-electron chi connectivity index (χ4n) is 2.06. The van der Waals surface area contributed by atoms with E-state index in [1.165, 1.54) is 15.8 Å². The fourth-order valence-corrected chi connectivity index (χ4v) is 2.28. The molecule has 2 rings (SSSR count). The van der Waals surface area contributed by atoms with Gasteiger partial charge in [-0.05, 0) is 24.0 Å². The Morgan fingerprint density at radius 1 is 1.33 bits per heavy atom. The average Bonchev–Trinajstić information content (AvgIpc) is 2.44. The second-order valence-electron chi connectivity index (χ2n) is 5.53. The van der Waals surface area contributed by atoms with E-state index in [-0.39, 0.29) is 10.6 Å². The lowest BCUT2D eigenvalue weighted by Gasteiger charge is -2.12. The van der Waals surface area contributed by atoms with Gasteiger partial charge in [0.1, 0.15) is 5.02 Å². The van der Waals surface area contributed by atoms with E-state index in [1.807, 2.05) is 32.0 Å². The second kappa shape index (κ2) is 6.76. The highest BCUT2D eigenvalue weighted by Gasteiger charge is 2.10. The Morgan fingerprint density at radius 3 is 2.71 bits per heavy atom. The van der Waals surface area contributed by atoms with Crippen molar-refractivity contribution in [1.29, 1.82) is 0 Å². The predicted molar refractivity (Wildman–Crippen MR) is 86.9 cm³/mol. The van der Waals surface area contributed by atoms with Gasteiger partial charge < -0.3 is 5.32 Å². The first-order valence-electron chi connectivity index (χ1n) is 7.03. The number of anilines is 1. The minimum Gasteiger partial charge on any atom is -0.378 e. The highest BCUT2D eigenvalue weighted by molar-refractivity contribution is 6.32. The van der Waals surface area contributed by atoms with E-state index in [4.69, 9.17) is 11.6 Å². The normalized spacial score (nSPS) is 10.9. The van der Waals surface area contributed by atoms with Crippen molar-refractivity contribution in [3.05, 3.63) is 57.0 Å². The monoisotopic (exact) mass is 305 g/mol. The molecule has 1 aromatic carbocycles. The smallest absolute Gasteiger partial charge is 0.287 e. The number of halogens is 1. The van der Waals surface area contributed by atoms with Gasteiger partial charge in [-0.25, -0.2) is 4.68 Å². The van der Waals surface area contributed by atoms with E-state index < -0.39 is 0 Å². The maximum Gasteiger partial charge on any atom is 0.287 e. The maximum absolute atomic E-state index is 12.1. The van der Waals surface area contributed by atoms with Crippen molar-refractivity contribution in [2.75, 3.05) is 5.32 Å². The van der Waals surface area contributed by atoms with Crippen LogP contribution in [0.3, 0.4) is 0 Å². The lowest BCUT2D eigenvalue weighted by atomic mass is 10.1. The van der Waals surface area contributed by atoms with E-state index in [0.717, 1.165) is 0 Å². The van der Waals surface area contributed by atoms with E-state index in [1.54, 1.807) is 6.20 Å². The molecule has 0 fully saturated rings. The molecule has 4 nitrogen and oxygen atoms in total. The number of hydrogen-bond donors (Lipinski definition) is 1.